The van der Waals surface area contributed by atoms with E-state index in [4.69, 9.17) is 11.6 Å². The Morgan fingerprint density at radius 3 is 2.03 bits per heavy atom. The van der Waals surface area contributed by atoms with Crippen molar-refractivity contribution in [1.29, 1.82) is 0 Å². The van der Waals surface area contributed by atoms with Crippen LogP contribution in [0.1, 0.15) is 0 Å². The van der Waals surface area contributed by atoms with Gasteiger partial charge in [-0.1, -0.05) is 106 Å². The van der Waals surface area contributed by atoms with Crippen molar-refractivity contribution >= 4 is 49.3 Å². The lowest BCUT2D eigenvalue weighted by atomic mass is 9.97. The lowest BCUT2D eigenvalue weighted by molar-refractivity contribution is 1.18. The molecule has 0 saturated carbocycles. The van der Waals surface area contributed by atoms with Crippen molar-refractivity contribution in [3.63, 3.8) is 0 Å². The number of halogens is 2. The lowest BCUT2D eigenvalue weighted by Gasteiger charge is -2.13. The van der Waals surface area contributed by atoms with Gasteiger partial charge in [-0.05, 0) is 47.5 Å². The van der Waals surface area contributed by atoms with Gasteiger partial charge in [-0.25, -0.2) is 0 Å². The van der Waals surface area contributed by atoms with Gasteiger partial charge in [0.05, 0.1) is 16.1 Å². The summed E-state index contributed by atoms with van der Waals surface area (Å²) in [6, 6.07) is 40.2. The van der Waals surface area contributed by atoms with Crippen molar-refractivity contribution in [3.05, 3.63) is 125 Å². The molecule has 0 saturated heterocycles. The zero-order valence-corrected chi connectivity index (χ0v) is 20.0. The lowest BCUT2D eigenvalue weighted by Crippen LogP contribution is -1.93. The second kappa shape index (κ2) is 8.22. The van der Waals surface area contributed by atoms with E-state index in [0.717, 1.165) is 37.4 Å². The molecular formula is C30H19BrClN. The molecule has 0 fully saturated rings. The summed E-state index contributed by atoms with van der Waals surface area (Å²) in [6.45, 7) is 0. The Bertz CT molecular complexity index is 1620. The van der Waals surface area contributed by atoms with Crippen molar-refractivity contribution < 1.29 is 0 Å². The van der Waals surface area contributed by atoms with E-state index in [-0.39, 0.29) is 0 Å². The highest BCUT2D eigenvalue weighted by atomic mass is 79.9. The number of fused-ring (bicyclic) bond motifs is 3. The molecular weight excluding hydrogens is 490 g/mol. The summed E-state index contributed by atoms with van der Waals surface area (Å²) in [5.41, 5.74) is 7.78. The Hall–Kier alpha value is -3.33. The fourth-order valence-electron chi connectivity index (χ4n) is 4.64. The van der Waals surface area contributed by atoms with Gasteiger partial charge < -0.3 is 4.57 Å². The molecule has 0 N–H and O–H groups in total. The van der Waals surface area contributed by atoms with Crippen molar-refractivity contribution in [2.75, 3.05) is 0 Å². The highest BCUT2D eigenvalue weighted by molar-refractivity contribution is 9.10. The fourth-order valence-corrected chi connectivity index (χ4v) is 5.70. The van der Waals surface area contributed by atoms with Gasteiger partial charge in [0.15, 0.2) is 0 Å². The van der Waals surface area contributed by atoms with Crippen LogP contribution in [0.5, 0.6) is 0 Å². The third-order valence-corrected chi connectivity index (χ3v) is 7.20. The van der Waals surface area contributed by atoms with Crippen LogP contribution in [-0.2, 0) is 0 Å². The molecule has 0 unspecified atom stereocenters. The first kappa shape index (κ1) is 20.3. The Balaban J connectivity index is 1.60. The van der Waals surface area contributed by atoms with Crippen molar-refractivity contribution in [2.24, 2.45) is 0 Å². The number of hydrogen-bond donors (Lipinski definition) is 0. The number of rotatable bonds is 3. The maximum Gasteiger partial charge on any atom is 0.0574 e. The molecule has 0 bridgehead atoms. The number of hydrogen-bond acceptors (Lipinski definition) is 0. The molecule has 1 aromatic heterocycles. The van der Waals surface area contributed by atoms with E-state index < -0.39 is 0 Å². The third kappa shape index (κ3) is 3.38. The molecule has 0 aliphatic rings. The van der Waals surface area contributed by atoms with Gasteiger partial charge in [0.25, 0.3) is 0 Å². The van der Waals surface area contributed by atoms with Gasteiger partial charge in [0.1, 0.15) is 0 Å². The van der Waals surface area contributed by atoms with Gasteiger partial charge in [0, 0.05) is 32.1 Å². The van der Waals surface area contributed by atoms with Crippen molar-refractivity contribution in [1.82, 2.24) is 4.57 Å². The Kier molecular flexibility index (Phi) is 5.05. The summed E-state index contributed by atoms with van der Waals surface area (Å²) >= 11 is 10.7. The summed E-state index contributed by atoms with van der Waals surface area (Å²) in [5.74, 6) is 0. The molecule has 1 nitrogen and oxygen atoms in total. The van der Waals surface area contributed by atoms with E-state index in [9.17, 15) is 0 Å². The van der Waals surface area contributed by atoms with Crippen LogP contribution in [0.3, 0.4) is 0 Å². The first-order valence-corrected chi connectivity index (χ1v) is 12.0. The zero-order chi connectivity index (χ0) is 22.4. The molecule has 0 aliphatic heterocycles. The number of benzene rings is 5. The van der Waals surface area contributed by atoms with Gasteiger partial charge in [-0.15, -0.1) is 0 Å². The second-order valence-electron chi connectivity index (χ2n) is 8.07. The highest BCUT2D eigenvalue weighted by Crippen LogP contribution is 2.42. The first-order chi connectivity index (χ1) is 16.2. The molecule has 1 heterocycles. The molecule has 0 spiro atoms. The Morgan fingerprint density at radius 1 is 0.576 bits per heavy atom. The maximum absolute atomic E-state index is 7.02. The van der Waals surface area contributed by atoms with Crippen LogP contribution in [0.2, 0.25) is 5.02 Å². The minimum atomic E-state index is 0.752. The highest BCUT2D eigenvalue weighted by Gasteiger charge is 2.16. The zero-order valence-electron chi connectivity index (χ0n) is 17.7. The molecule has 33 heavy (non-hydrogen) atoms. The predicted molar refractivity (Wildman–Crippen MR) is 144 cm³/mol. The summed E-state index contributed by atoms with van der Waals surface area (Å²) in [4.78, 5) is 0. The fraction of sp³-hybridized carbons (Fsp3) is 0. The van der Waals surface area contributed by atoms with Gasteiger partial charge in [0.2, 0.25) is 0 Å². The molecule has 5 aromatic carbocycles. The van der Waals surface area contributed by atoms with Crippen molar-refractivity contribution in [2.45, 2.75) is 0 Å². The SMILES string of the molecule is Clc1c(-c2ccc3c(c2)c2ccccc2n3-c2ccccc2)ccc(Br)c1-c1ccccc1. The largest absolute Gasteiger partial charge is 0.309 e. The minimum Gasteiger partial charge on any atom is -0.309 e. The molecule has 6 rings (SSSR count). The van der Waals surface area contributed by atoms with E-state index in [1.807, 2.05) is 18.2 Å². The van der Waals surface area contributed by atoms with Gasteiger partial charge in [-0.3, -0.25) is 0 Å². The Labute approximate surface area is 206 Å². The van der Waals surface area contributed by atoms with E-state index in [1.54, 1.807) is 0 Å². The number of para-hydroxylation sites is 2. The Morgan fingerprint density at radius 2 is 1.24 bits per heavy atom. The van der Waals surface area contributed by atoms with Crippen LogP contribution >= 0.6 is 27.5 Å². The molecule has 0 amide bonds. The van der Waals surface area contributed by atoms with Crippen LogP contribution in [0.25, 0.3) is 49.7 Å². The average Bonchev–Trinajstić information content (AvgIpc) is 3.19. The summed E-state index contributed by atoms with van der Waals surface area (Å²) < 4.78 is 3.32. The standard InChI is InChI=1S/C30H19BrClN/c31-26-17-16-23(30(32)29(26)20-9-3-1-4-10-20)21-15-18-28-25(19-21)24-13-7-8-14-27(24)33(28)22-11-5-2-6-12-22/h1-19H. The monoisotopic (exact) mass is 507 g/mol. The molecule has 0 atom stereocenters. The predicted octanol–water partition coefficient (Wildman–Crippen LogP) is 9.53. The van der Waals surface area contributed by atoms with E-state index in [1.165, 1.54) is 21.8 Å². The van der Waals surface area contributed by atoms with Crippen LogP contribution in [0.4, 0.5) is 0 Å². The molecule has 158 valence electrons. The van der Waals surface area contributed by atoms with Gasteiger partial charge >= 0.3 is 0 Å². The normalized spacial score (nSPS) is 11.3. The van der Waals surface area contributed by atoms with Crippen LogP contribution in [0, 0.1) is 0 Å². The number of nitrogens with zero attached hydrogens (tertiary/aromatic N) is 1. The quantitative estimate of drug-likeness (QED) is 0.224. The summed E-state index contributed by atoms with van der Waals surface area (Å²) in [6.07, 6.45) is 0. The van der Waals surface area contributed by atoms with Crippen LogP contribution in [0.15, 0.2) is 120 Å². The molecule has 6 aromatic rings. The topological polar surface area (TPSA) is 4.93 Å². The van der Waals surface area contributed by atoms with Gasteiger partial charge in [-0.2, -0.15) is 0 Å². The third-order valence-electron chi connectivity index (χ3n) is 6.15. The smallest absolute Gasteiger partial charge is 0.0574 e. The summed E-state index contributed by atoms with van der Waals surface area (Å²) in [7, 11) is 0. The van der Waals surface area contributed by atoms with E-state index in [0.29, 0.717) is 0 Å². The maximum atomic E-state index is 7.02. The molecule has 3 heteroatoms. The van der Waals surface area contributed by atoms with Crippen LogP contribution in [-0.4, -0.2) is 4.57 Å². The molecule has 0 aliphatic carbocycles. The first-order valence-electron chi connectivity index (χ1n) is 10.8. The van der Waals surface area contributed by atoms with E-state index >= 15 is 0 Å². The van der Waals surface area contributed by atoms with Crippen molar-refractivity contribution in [3.8, 4) is 27.9 Å². The summed E-state index contributed by atoms with van der Waals surface area (Å²) in [5, 5.41) is 3.20. The van der Waals surface area contributed by atoms with E-state index in [2.05, 4.69) is 118 Å². The molecule has 0 radical (unpaired) electrons. The number of aromatic nitrogens is 1. The minimum absolute atomic E-state index is 0.752. The van der Waals surface area contributed by atoms with Crippen LogP contribution < -0.4 is 0 Å². The second-order valence-corrected chi connectivity index (χ2v) is 9.30. The average molecular weight is 509 g/mol.